The largest absolute Gasteiger partial charge is 0.335 e. The van der Waals surface area contributed by atoms with Crippen LogP contribution in [0.25, 0.3) is 15.9 Å². The highest BCUT2D eigenvalue weighted by Gasteiger charge is 2.27. The molecule has 0 atom stereocenters. The quantitative estimate of drug-likeness (QED) is 0.629. The predicted molar refractivity (Wildman–Crippen MR) is 113 cm³/mol. The second kappa shape index (κ2) is 8.03. The summed E-state index contributed by atoms with van der Waals surface area (Å²) in [7, 11) is 4.39. The lowest BCUT2D eigenvalue weighted by Crippen LogP contribution is -3.19. The van der Waals surface area contributed by atoms with Gasteiger partial charge in [0.2, 0.25) is 0 Å². The van der Waals surface area contributed by atoms with Gasteiger partial charge in [0.1, 0.15) is 17.9 Å². The molecule has 3 aromatic rings. The summed E-state index contributed by atoms with van der Waals surface area (Å²) in [5.74, 6) is 0.164. The highest BCUT2D eigenvalue weighted by Crippen LogP contribution is 2.31. The number of carbonyl (C=O) groups is 1. The Hall–Kier alpha value is -2.22. The molecule has 28 heavy (non-hydrogen) atoms. The zero-order valence-electron chi connectivity index (χ0n) is 16.9. The van der Waals surface area contributed by atoms with Crippen molar-refractivity contribution >= 4 is 27.5 Å². The molecule has 0 saturated carbocycles. The second-order valence-electron chi connectivity index (χ2n) is 7.91. The van der Waals surface area contributed by atoms with Crippen LogP contribution in [-0.4, -0.2) is 74.0 Å². The summed E-state index contributed by atoms with van der Waals surface area (Å²) >= 11 is 1.56. The summed E-state index contributed by atoms with van der Waals surface area (Å²) in [6.45, 7) is 8.14. The summed E-state index contributed by atoms with van der Waals surface area (Å²) < 4.78 is 1.96. The zero-order valence-corrected chi connectivity index (χ0v) is 17.7. The molecule has 0 spiro atoms. The molecule has 6 nitrogen and oxygen atoms in total. The third-order valence-corrected chi connectivity index (χ3v) is 6.59. The average Bonchev–Trinajstić information content (AvgIpc) is 3.27. The van der Waals surface area contributed by atoms with Crippen LogP contribution in [0.15, 0.2) is 36.4 Å². The number of piperazine rings is 1. The van der Waals surface area contributed by atoms with Crippen molar-refractivity contribution in [2.45, 2.75) is 6.92 Å². The van der Waals surface area contributed by atoms with Crippen LogP contribution in [0.5, 0.6) is 0 Å². The van der Waals surface area contributed by atoms with Crippen molar-refractivity contribution in [1.82, 2.24) is 14.7 Å². The molecule has 148 valence electrons. The highest BCUT2D eigenvalue weighted by molar-refractivity contribution is 7.20. The summed E-state index contributed by atoms with van der Waals surface area (Å²) in [5.41, 5.74) is 2.00. The smallest absolute Gasteiger partial charge is 0.264 e. The van der Waals surface area contributed by atoms with Crippen molar-refractivity contribution in [1.29, 1.82) is 0 Å². The zero-order chi connectivity index (χ0) is 19.7. The number of thiophene rings is 1. The molecule has 2 N–H and O–H groups in total. The fourth-order valence-corrected chi connectivity index (χ4v) is 4.91. The number of amides is 1. The van der Waals surface area contributed by atoms with Gasteiger partial charge < -0.3 is 14.7 Å². The number of quaternary nitrogens is 2. The molecule has 2 aromatic heterocycles. The number of hydrogen-bond donors (Lipinski definition) is 2. The molecule has 4 rings (SSSR count). The van der Waals surface area contributed by atoms with Crippen LogP contribution < -0.4 is 9.80 Å². The lowest BCUT2D eigenvalue weighted by Gasteiger charge is -2.32. The summed E-state index contributed by atoms with van der Waals surface area (Å²) in [6, 6.07) is 12.1. The first-order valence-corrected chi connectivity index (χ1v) is 10.8. The Kier molecular flexibility index (Phi) is 5.48. The molecule has 1 aliphatic rings. The number of para-hydroxylation sites is 1. The number of carbonyl (C=O) groups excluding carboxylic acids is 1. The van der Waals surface area contributed by atoms with Gasteiger partial charge in [-0.3, -0.25) is 4.79 Å². The van der Waals surface area contributed by atoms with Gasteiger partial charge in [0.05, 0.1) is 56.5 Å². The maximum absolute atomic E-state index is 13.1. The van der Waals surface area contributed by atoms with Crippen molar-refractivity contribution in [3.63, 3.8) is 0 Å². The number of likely N-dealkylation sites (N-methyl/N-ethyl adjacent to an activating group) is 1. The Morgan fingerprint density at radius 2 is 1.93 bits per heavy atom. The van der Waals surface area contributed by atoms with Crippen LogP contribution >= 0.6 is 11.3 Å². The van der Waals surface area contributed by atoms with E-state index in [2.05, 4.69) is 19.2 Å². The molecule has 1 aliphatic heterocycles. The number of aromatic nitrogens is 2. The lowest BCUT2D eigenvalue weighted by atomic mass is 10.2. The molecule has 0 radical (unpaired) electrons. The van der Waals surface area contributed by atoms with Crippen molar-refractivity contribution in [2.75, 3.05) is 53.4 Å². The molecular formula is C21H29N5OS+2. The third-order valence-electron chi connectivity index (χ3n) is 5.49. The molecule has 3 heterocycles. The normalized spacial score (nSPS) is 15.6. The molecule has 0 aliphatic carbocycles. The standard InChI is InChI=1S/C21H27N5OS/c1-16-18-15-19(28-21(18)26(22-16)17-7-5-4-6-8-17)20(27)25-13-11-24(12-14-25)10-9-23(2)3/h4-8,15H,9-14H2,1-3H3/p+2. The molecule has 1 aromatic carbocycles. The number of benzene rings is 1. The first kappa shape index (κ1) is 19.1. The van der Waals surface area contributed by atoms with Gasteiger partial charge in [-0.1, -0.05) is 18.2 Å². The van der Waals surface area contributed by atoms with Gasteiger partial charge in [-0.15, -0.1) is 11.3 Å². The van der Waals surface area contributed by atoms with E-state index in [4.69, 9.17) is 0 Å². The average molecular weight is 400 g/mol. The van der Waals surface area contributed by atoms with Crippen LogP contribution in [0.3, 0.4) is 0 Å². The SMILES string of the molecule is Cc1nn(-c2ccccc2)c2sc(C(=O)N3CC[NH+](CC[NH+](C)C)CC3)cc12. The third kappa shape index (κ3) is 3.83. The van der Waals surface area contributed by atoms with Crippen LogP contribution in [0.2, 0.25) is 0 Å². The van der Waals surface area contributed by atoms with Crippen LogP contribution in [0, 0.1) is 6.92 Å². The van der Waals surface area contributed by atoms with Crippen molar-refractivity contribution in [3.8, 4) is 5.69 Å². The van der Waals surface area contributed by atoms with Crippen molar-refractivity contribution in [2.24, 2.45) is 0 Å². The van der Waals surface area contributed by atoms with Crippen LogP contribution in [0.4, 0.5) is 0 Å². The van der Waals surface area contributed by atoms with Crippen LogP contribution in [-0.2, 0) is 0 Å². The summed E-state index contributed by atoms with van der Waals surface area (Å²) in [6.07, 6.45) is 0. The first-order chi connectivity index (χ1) is 13.5. The molecule has 0 unspecified atom stereocenters. The van der Waals surface area contributed by atoms with Crippen molar-refractivity contribution in [3.05, 3.63) is 47.0 Å². The Morgan fingerprint density at radius 1 is 1.21 bits per heavy atom. The maximum atomic E-state index is 13.1. The van der Waals surface area contributed by atoms with Gasteiger partial charge in [0, 0.05) is 5.39 Å². The van der Waals surface area contributed by atoms with Gasteiger partial charge >= 0.3 is 0 Å². The molecule has 0 bridgehead atoms. The van der Waals surface area contributed by atoms with E-state index in [0.717, 1.165) is 52.7 Å². The van der Waals surface area contributed by atoms with E-state index in [-0.39, 0.29) is 5.91 Å². The van der Waals surface area contributed by atoms with E-state index in [9.17, 15) is 4.79 Å². The minimum atomic E-state index is 0.164. The topological polar surface area (TPSA) is 47.0 Å². The van der Waals surface area contributed by atoms with Gasteiger partial charge in [0.15, 0.2) is 0 Å². The van der Waals surface area contributed by atoms with E-state index >= 15 is 0 Å². The molecular weight excluding hydrogens is 370 g/mol. The van der Waals surface area contributed by atoms with Crippen LogP contribution in [0.1, 0.15) is 15.4 Å². The van der Waals surface area contributed by atoms with E-state index < -0.39 is 0 Å². The number of aryl methyl sites for hydroxylation is 1. The minimum Gasteiger partial charge on any atom is -0.335 e. The first-order valence-electron chi connectivity index (χ1n) is 9.99. The number of nitrogens with zero attached hydrogens (tertiary/aromatic N) is 3. The number of nitrogens with one attached hydrogen (secondary N) is 2. The summed E-state index contributed by atoms with van der Waals surface area (Å²) in [5, 5.41) is 5.75. The molecule has 1 fully saturated rings. The number of fused-ring (bicyclic) bond motifs is 1. The monoisotopic (exact) mass is 399 g/mol. The van der Waals surface area contributed by atoms with Crippen molar-refractivity contribution < 1.29 is 14.6 Å². The van der Waals surface area contributed by atoms with Gasteiger partial charge in [-0.25, -0.2) is 4.68 Å². The predicted octanol–water partition coefficient (Wildman–Crippen LogP) is -0.119. The fourth-order valence-electron chi connectivity index (χ4n) is 3.76. The van der Waals surface area contributed by atoms with E-state index in [1.54, 1.807) is 16.2 Å². The second-order valence-corrected chi connectivity index (χ2v) is 8.94. The van der Waals surface area contributed by atoms with E-state index in [1.807, 2.05) is 52.9 Å². The Bertz CT molecular complexity index is 954. The van der Waals surface area contributed by atoms with Gasteiger partial charge in [-0.05, 0) is 25.1 Å². The minimum absolute atomic E-state index is 0.164. The fraction of sp³-hybridized carbons (Fsp3) is 0.429. The Morgan fingerprint density at radius 3 is 2.61 bits per heavy atom. The maximum Gasteiger partial charge on any atom is 0.264 e. The van der Waals surface area contributed by atoms with Gasteiger partial charge in [-0.2, -0.15) is 5.10 Å². The van der Waals surface area contributed by atoms with E-state index in [0.29, 0.717) is 0 Å². The highest BCUT2D eigenvalue weighted by atomic mass is 32.1. The molecule has 1 amide bonds. The lowest BCUT2D eigenvalue weighted by molar-refractivity contribution is -0.943. The number of rotatable bonds is 5. The molecule has 7 heteroatoms. The molecule has 1 saturated heterocycles. The van der Waals surface area contributed by atoms with E-state index in [1.165, 1.54) is 18.0 Å². The summed E-state index contributed by atoms with van der Waals surface area (Å²) in [4.78, 5) is 20.1. The number of hydrogen-bond acceptors (Lipinski definition) is 3. The Balaban J connectivity index is 1.50. The van der Waals surface area contributed by atoms with Gasteiger partial charge in [0.25, 0.3) is 5.91 Å². The Labute approximate surface area is 170 Å².